The smallest absolute Gasteiger partial charge is 0.336 e. The molecule has 0 fully saturated rings. The highest BCUT2D eigenvalue weighted by Gasteiger charge is 2.22. The van der Waals surface area contributed by atoms with Gasteiger partial charge in [-0.1, -0.05) is 0 Å². The number of benzene rings is 2. The highest BCUT2D eigenvalue weighted by atomic mass is 19.1. The Morgan fingerprint density at radius 2 is 2.00 bits per heavy atom. The van der Waals surface area contributed by atoms with Crippen LogP contribution in [0.5, 0.6) is 5.75 Å². The molecule has 2 aromatic rings. The second-order valence-corrected chi connectivity index (χ2v) is 4.59. The zero-order valence-electron chi connectivity index (χ0n) is 11.8. The second-order valence-electron chi connectivity index (χ2n) is 4.59. The first-order valence-corrected chi connectivity index (χ1v) is 6.21. The van der Waals surface area contributed by atoms with Gasteiger partial charge in [-0.25, -0.2) is 9.18 Å². The number of halogens is 1. The van der Waals surface area contributed by atoms with Gasteiger partial charge in [0.15, 0.2) is 0 Å². The molecular formula is C15H12FNO5. The number of nitro groups is 1. The average molecular weight is 305 g/mol. The van der Waals surface area contributed by atoms with Gasteiger partial charge < -0.3 is 9.84 Å². The minimum absolute atomic E-state index is 0.0177. The van der Waals surface area contributed by atoms with Gasteiger partial charge in [0.25, 0.3) is 5.69 Å². The van der Waals surface area contributed by atoms with Gasteiger partial charge in [-0.05, 0) is 30.7 Å². The Bertz CT molecular complexity index is 773. The second kappa shape index (κ2) is 5.80. The molecule has 0 bridgehead atoms. The number of carboxylic acids is 1. The standard InChI is InChI=1S/C15H12FNO5/c1-8-5-9(17(20)21)6-12(15(18)19)14(8)11-7-10(22-2)3-4-13(11)16/h3-7H,1-2H3,(H,18,19). The van der Waals surface area contributed by atoms with E-state index in [1.54, 1.807) is 0 Å². The van der Waals surface area contributed by atoms with E-state index >= 15 is 0 Å². The van der Waals surface area contributed by atoms with Crippen LogP contribution in [0.25, 0.3) is 11.1 Å². The molecule has 0 aliphatic rings. The molecule has 22 heavy (non-hydrogen) atoms. The fourth-order valence-corrected chi connectivity index (χ4v) is 2.22. The number of carbonyl (C=O) groups is 1. The number of nitro benzene ring substituents is 1. The normalized spacial score (nSPS) is 10.3. The molecule has 0 aliphatic carbocycles. The van der Waals surface area contributed by atoms with Crippen molar-refractivity contribution in [1.82, 2.24) is 0 Å². The lowest BCUT2D eigenvalue weighted by Crippen LogP contribution is -2.04. The molecule has 0 aromatic heterocycles. The van der Waals surface area contributed by atoms with Crippen molar-refractivity contribution in [3.63, 3.8) is 0 Å². The fourth-order valence-electron chi connectivity index (χ4n) is 2.22. The molecule has 0 radical (unpaired) electrons. The molecule has 0 saturated carbocycles. The maximum absolute atomic E-state index is 14.1. The Labute approximate surface area is 124 Å². The van der Waals surface area contributed by atoms with Gasteiger partial charge in [0.1, 0.15) is 11.6 Å². The van der Waals surface area contributed by atoms with E-state index in [4.69, 9.17) is 4.74 Å². The Hall–Kier alpha value is -2.96. The number of methoxy groups -OCH3 is 1. The molecule has 0 aliphatic heterocycles. The van der Waals surface area contributed by atoms with Crippen LogP contribution in [0.3, 0.4) is 0 Å². The van der Waals surface area contributed by atoms with E-state index in [0.29, 0.717) is 11.3 Å². The first-order chi connectivity index (χ1) is 10.3. The van der Waals surface area contributed by atoms with Crippen molar-refractivity contribution in [3.05, 3.63) is 57.4 Å². The van der Waals surface area contributed by atoms with Gasteiger partial charge >= 0.3 is 5.97 Å². The van der Waals surface area contributed by atoms with E-state index in [9.17, 15) is 24.4 Å². The highest BCUT2D eigenvalue weighted by molar-refractivity contribution is 5.98. The summed E-state index contributed by atoms with van der Waals surface area (Å²) in [6.45, 7) is 1.49. The van der Waals surface area contributed by atoms with Crippen LogP contribution in [0.15, 0.2) is 30.3 Å². The largest absolute Gasteiger partial charge is 0.497 e. The fraction of sp³-hybridized carbons (Fsp3) is 0.133. The zero-order valence-corrected chi connectivity index (χ0v) is 11.8. The number of nitrogens with zero attached hydrogens (tertiary/aromatic N) is 1. The third-order valence-electron chi connectivity index (χ3n) is 3.20. The number of hydrogen-bond acceptors (Lipinski definition) is 4. The summed E-state index contributed by atoms with van der Waals surface area (Å²) in [5, 5.41) is 20.2. The topological polar surface area (TPSA) is 89.7 Å². The molecular weight excluding hydrogens is 293 g/mol. The van der Waals surface area contributed by atoms with E-state index < -0.39 is 16.7 Å². The molecule has 0 amide bonds. The third kappa shape index (κ3) is 2.73. The van der Waals surface area contributed by atoms with E-state index in [-0.39, 0.29) is 22.4 Å². The van der Waals surface area contributed by atoms with Crippen LogP contribution >= 0.6 is 0 Å². The molecule has 7 heteroatoms. The molecule has 6 nitrogen and oxygen atoms in total. The third-order valence-corrected chi connectivity index (χ3v) is 3.20. The van der Waals surface area contributed by atoms with Gasteiger partial charge in [0.2, 0.25) is 0 Å². The molecule has 2 aromatic carbocycles. The average Bonchev–Trinajstić information content (AvgIpc) is 2.47. The number of hydrogen-bond donors (Lipinski definition) is 1. The molecule has 114 valence electrons. The zero-order chi connectivity index (χ0) is 16.4. The number of ether oxygens (including phenoxy) is 1. The molecule has 0 atom stereocenters. The van der Waals surface area contributed by atoms with Crippen LogP contribution in [0.1, 0.15) is 15.9 Å². The van der Waals surface area contributed by atoms with Crippen LogP contribution < -0.4 is 4.74 Å². The summed E-state index contributed by atoms with van der Waals surface area (Å²) in [5.41, 5.74) is -0.293. The molecule has 0 unspecified atom stereocenters. The number of carboxylic acid groups (broad SMARTS) is 1. The van der Waals surface area contributed by atoms with E-state index in [1.807, 2.05) is 0 Å². The minimum Gasteiger partial charge on any atom is -0.497 e. The molecule has 0 heterocycles. The van der Waals surface area contributed by atoms with Crippen LogP contribution in [-0.4, -0.2) is 23.1 Å². The number of rotatable bonds is 4. The van der Waals surface area contributed by atoms with Crippen LogP contribution in [0.4, 0.5) is 10.1 Å². The monoisotopic (exact) mass is 305 g/mol. The van der Waals surface area contributed by atoms with Crippen molar-refractivity contribution < 1.29 is 24.0 Å². The van der Waals surface area contributed by atoms with Crippen molar-refractivity contribution in [2.75, 3.05) is 7.11 Å². The first-order valence-electron chi connectivity index (χ1n) is 6.21. The summed E-state index contributed by atoms with van der Waals surface area (Å²) in [5.74, 6) is -1.66. The predicted octanol–water partition coefficient (Wildman–Crippen LogP) is 3.42. The molecule has 0 saturated heterocycles. The number of aromatic carboxylic acids is 1. The Balaban J connectivity index is 2.80. The lowest BCUT2D eigenvalue weighted by molar-refractivity contribution is -0.384. The van der Waals surface area contributed by atoms with Crippen molar-refractivity contribution >= 4 is 11.7 Å². The number of non-ortho nitro benzene ring substituents is 1. The van der Waals surface area contributed by atoms with Crippen LogP contribution in [0.2, 0.25) is 0 Å². The molecule has 1 N–H and O–H groups in total. The maximum atomic E-state index is 14.1. The van der Waals surface area contributed by atoms with E-state index in [0.717, 1.165) is 12.1 Å². The molecule has 2 rings (SSSR count). The summed E-state index contributed by atoms with van der Waals surface area (Å²) in [6, 6.07) is 6.04. The summed E-state index contributed by atoms with van der Waals surface area (Å²) >= 11 is 0. The van der Waals surface area contributed by atoms with Gasteiger partial charge in [0, 0.05) is 23.3 Å². The van der Waals surface area contributed by atoms with Gasteiger partial charge in [-0.3, -0.25) is 10.1 Å². The lowest BCUT2D eigenvalue weighted by Gasteiger charge is -2.12. The Morgan fingerprint density at radius 3 is 2.55 bits per heavy atom. The summed E-state index contributed by atoms with van der Waals surface area (Å²) in [7, 11) is 1.40. The van der Waals surface area contributed by atoms with Crippen LogP contribution in [-0.2, 0) is 0 Å². The van der Waals surface area contributed by atoms with Gasteiger partial charge in [-0.15, -0.1) is 0 Å². The quantitative estimate of drug-likeness (QED) is 0.690. The maximum Gasteiger partial charge on any atom is 0.336 e. The van der Waals surface area contributed by atoms with Crippen molar-refractivity contribution in [1.29, 1.82) is 0 Å². The summed E-state index contributed by atoms with van der Waals surface area (Å²) in [6.07, 6.45) is 0. The minimum atomic E-state index is -1.37. The van der Waals surface area contributed by atoms with Crippen molar-refractivity contribution in [2.45, 2.75) is 6.92 Å². The van der Waals surface area contributed by atoms with Crippen LogP contribution in [0, 0.1) is 22.9 Å². The van der Waals surface area contributed by atoms with Crippen molar-refractivity contribution in [2.24, 2.45) is 0 Å². The van der Waals surface area contributed by atoms with E-state index in [2.05, 4.69) is 0 Å². The van der Waals surface area contributed by atoms with Crippen molar-refractivity contribution in [3.8, 4) is 16.9 Å². The summed E-state index contributed by atoms with van der Waals surface area (Å²) < 4.78 is 19.1. The SMILES string of the molecule is COc1ccc(F)c(-c2c(C)cc([N+](=O)[O-])cc2C(=O)O)c1. The Kier molecular flexibility index (Phi) is 4.07. The first kappa shape index (κ1) is 15.4. The Morgan fingerprint density at radius 1 is 1.32 bits per heavy atom. The van der Waals surface area contributed by atoms with E-state index in [1.165, 1.54) is 32.2 Å². The predicted molar refractivity (Wildman–Crippen MR) is 76.7 cm³/mol. The highest BCUT2D eigenvalue weighted by Crippen LogP contribution is 2.35. The number of aryl methyl sites for hydroxylation is 1. The lowest BCUT2D eigenvalue weighted by atomic mass is 9.93. The molecule has 0 spiro atoms. The summed E-state index contributed by atoms with van der Waals surface area (Å²) in [4.78, 5) is 21.6. The van der Waals surface area contributed by atoms with Gasteiger partial charge in [0.05, 0.1) is 17.6 Å². The van der Waals surface area contributed by atoms with Gasteiger partial charge in [-0.2, -0.15) is 0 Å².